The van der Waals surface area contributed by atoms with Crippen LogP contribution in [0.15, 0.2) is 34.7 Å². The fourth-order valence-electron chi connectivity index (χ4n) is 3.23. The number of rotatable bonds is 0. The van der Waals surface area contributed by atoms with E-state index in [1.165, 1.54) is 11.8 Å². The minimum absolute atomic E-state index is 0.707. The highest BCUT2D eigenvalue weighted by atomic mass is 16.5. The van der Waals surface area contributed by atoms with Crippen molar-refractivity contribution in [3.8, 4) is 17.2 Å². The monoisotopic (exact) mass is 308 g/mol. The highest BCUT2D eigenvalue weighted by Gasteiger charge is 2.20. The molecule has 4 aliphatic rings. The van der Waals surface area contributed by atoms with Crippen LogP contribution in [0.1, 0.15) is 6.42 Å². The predicted molar refractivity (Wildman–Crippen MR) is 89.0 cm³/mol. The lowest BCUT2D eigenvalue weighted by molar-refractivity contribution is 0.311. The van der Waals surface area contributed by atoms with Gasteiger partial charge in [0.05, 0.1) is 24.7 Å². The van der Waals surface area contributed by atoms with Crippen LogP contribution in [0, 0.1) is 0 Å². The molecule has 5 heteroatoms. The predicted octanol–water partition coefficient (Wildman–Crippen LogP) is 1.94. The highest BCUT2D eigenvalue weighted by molar-refractivity contribution is 5.84. The van der Waals surface area contributed by atoms with E-state index in [0.29, 0.717) is 6.61 Å². The maximum absolute atomic E-state index is 6.15. The summed E-state index contributed by atoms with van der Waals surface area (Å²) in [5, 5.41) is 1.21. The average molecular weight is 308 g/mol. The summed E-state index contributed by atoms with van der Waals surface area (Å²) in [4.78, 5) is 6.93. The smallest absolute Gasteiger partial charge is 0.203 e. The lowest BCUT2D eigenvalue weighted by Gasteiger charge is -2.27. The average Bonchev–Trinajstić information content (AvgIpc) is 2.50. The van der Waals surface area contributed by atoms with E-state index in [-0.39, 0.29) is 0 Å². The van der Waals surface area contributed by atoms with Gasteiger partial charge in [0, 0.05) is 25.2 Å². The molecule has 1 aliphatic carbocycles. The summed E-state index contributed by atoms with van der Waals surface area (Å²) in [5.41, 5.74) is 3.58. The molecular formula is C18H18N3O2+. The first kappa shape index (κ1) is 12.9. The van der Waals surface area contributed by atoms with E-state index in [1.807, 2.05) is 18.2 Å². The SMILES string of the molecule is CN1CCOc2cc3nc4ccc(=[N+]5CCC5)cc-4oc3cc21. The summed E-state index contributed by atoms with van der Waals surface area (Å²) in [7, 11) is 2.07. The molecule has 0 radical (unpaired) electrons. The zero-order chi connectivity index (χ0) is 15.4. The zero-order valence-electron chi connectivity index (χ0n) is 13.1. The van der Waals surface area contributed by atoms with Crippen molar-refractivity contribution in [2.75, 3.05) is 38.2 Å². The topological polar surface area (TPSA) is 41.5 Å². The van der Waals surface area contributed by atoms with Gasteiger partial charge in [-0.2, -0.15) is 0 Å². The van der Waals surface area contributed by atoms with Crippen LogP contribution in [0.5, 0.6) is 5.75 Å². The molecule has 116 valence electrons. The molecule has 1 fully saturated rings. The van der Waals surface area contributed by atoms with E-state index in [9.17, 15) is 0 Å². The first-order valence-electron chi connectivity index (χ1n) is 8.08. The van der Waals surface area contributed by atoms with Gasteiger partial charge in [-0.15, -0.1) is 0 Å². The van der Waals surface area contributed by atoms with Crippen molar-refractivity contribution in [3.05, 3.63) is 35.7 Å². The Kier molecular flexibility index (Phi) is 2.65. The Morgan fingerprint density at radius 3 is 2.91 bits per heavy atom. The van der Waals surface area contributed by atoms with Crippen LogP contribution >= 0.6 is 0 Å². The van der Waals surface area contributed by atoms with Gasteiger partial charge in [-0.1, -0.05) is 0 Å². The molecule has 3 aliphatic heterocycles. The van der Waals surface area contributed by atoms with Gasteiger partial charge in [-0.3, -0.25) is 0 Å². The Morgan fingerprint density at radius 1 is 1.17 bits per heavy atom. The molecule has 0 aromatic heterocycles. The summed E-state index contributed by atoms with van der Waals surface area (Å²) >= 11 is 0. The van der Waals surface area contributed by atoms with Crippen molar-refractivity contribution in [1.82, 2.24) is 9.56 Å². The summed E-state index contributed by atoms with van der Waals surface area (Å²) in [6, 6.07) is 10.3. The second kappa shape index (κ2) is 4.72. The molecular weight excluding hydrogens is 290 g/mol. The number of aromatic nitrogens is 1. The van der Waals surface area contributed by atoms with Crippen molar-refractivity contribution < 1.29 is 9.15 Å². The number of ether oxygens (including phenoxy) is 1. The van der Waals surface area contributed by atoms with E-state index in [1.54, 1.807) is 0 Å². The summed E-state index contributed by atoms with van der Waals surface area (Å²) < 4.78 is 14.3. The van der Waals surface area contributed by atoms with Crippen molar-refractivity contribution in [2.45, 2.75) is 6.42 Å². The normalized spacial score (nSPS) is 17.1. The number of anilines is 1. The number of likely N-dealkylation sites (N-methyl/N-ethyl adjacent to an activating group) is 1. The Labute approximate surface area is 133 Å². The van der Waals surface area contributed by atoms with Crippen LogP contribution in [0.4, 0.5) is 5.69 Å². The Balaban J connectivity index is 1.76. The lowest BCUT2D eigenvalue weighted by atomic mass is 10.1. The van der Waals surface area contributed by atoms with Crippen LogP contribution in [0.2, 0.25) is 0 Å². The molecule has 1 saturated heterocycles. The molecule has 0 N–H and O–H groups in total. The zero-order valence-corrected chi connectivity index (χ0v) is 13.1. The molecule has 23 heavy (non-hydrogen) atoms. The van der Waals surface area contributed by atoms with Crippen LogP contribution in [0.25, 0.3) is 22.6 Å². The Hall–Kier alpha value is -2.56. The third-order valence-corrected chi connectivity index (χ3v) is 4.76. The molecule has 0 saturated carbocycles. The van der Waals surface area contributed by atoms with Crippen molar-refractivity contribution in [3.63, 3.8) is 0 Å². The van der Waals surface area contributed by atoms with Crippen LogP contribution < -0.4 is 19.6 Å². The van der Waals surface area contributed by atoms with Crippen molar-refractivity contribution >= 4 is 16.8 Å². The molecule has 5 rings (SSSR count). The van der Waals surface area contributed by atoms with Crippen molar-refractivity contribution in [2.24, 2.45) is 0 Å². The van der Waals surface area contributed by atoms with E-state index in [0.717, 1.165) is 53.6 Å². The third kappa shape index (κ3) is 2.00. The largest absolute Gasteiger partial charge is 0.489 e. The lowest BCUT2D eigenvalue weighted by Crippen LogP contribution is -2.40. The van der Waals surface area contributed by atoms with Crippen molar-refractivity contribution in [1.29, 1.82) is 0 Å². The van der Waals surface area contributed by atoms with E-state index < -0.39 is 0 Å². The maximum atomic E-state index is 6.15. The maximum Gasteiger partial charge on any atom is 0.203 e. The molecule has 1 aromatic carbocycles. The van der Waals surface area contributed by atoms with E-state index in [2.05, 4.69) is 28.7 Å². The standard InChI is InChI=1S/C18H18N3O2/c1-20-7-8-22-18-10-14-17(11-15(18)20)23-16-9-12(21-5-2-6-21)3-4-13(16)19-14/h3-4,9-11H,2,5-8H2,1H3/q+1. The van der Waals surface area contributed by atoms with Gasteiger partial charge < -0.3 is 14.1 Å². The second-order valence-corrected chi connectivity index (χ2v) is 6.26. The number of hydrogen-bond acceptors (Lipinski definition) is 4. The fourth-order valence-corrected chi connectivity index (χ4v) is 3.23. The van der Waals surface area contributed by atoms with Gasteiger partial charge in [0.25, 0.3) is 0 Å². The van der Waals surface area contributed by atoms with E-state index >= 15 is 0 Å². The fraction of sp³-hybridized carbons (Fsp3) is 0.333. The van der Waals surface area contributed by atoms with Gasteiger partial charge >= 0.3 is 0 Å². The number of fused-ring (bicyclic) bond motifs is 3. The molecule has 0 atom stereocenters. The van der Waals surface area contributed by atoms with Crippen LogP contribution in [-0.2, 0) is 0 Å². The molecule has 1 aromatic rings. The Morgan fingerprint density at radius 2 is 2.09 bits per heavy atom. The summed E-state index contributed by atoms with van der Waals surface area (Å²) in [6.45, 7) is 3.85. The minimum atomic E-state index is 0.707. The van der Waals surface area contributed by atoms with Crippen LogP contribution in [-0.4, -0.2) is 38.3 Å². The molecule has 3 heterocycles. The van der Waals surface area contributed by atoms with E-state index in [4.69, 9.17) is 14.1 Å². The second-order valence-electron chi connectivity index (χ2n) is 6.26. The molecule has 5 nitrogen and oxygen atoms in total. The van der Waals surface area contributed by atoms with Gasteiger partial charge in [0.1, 0.15) is 36.7 Å². The third-order valence-electron chi connectivity index (χ3n) is 4.76. The number of hydrogen-bond donors (Lipinski definition) is 0. The quantitative estimate of drug-likeness (QED) is 0.470. The molecule has 0 bridgehead atoms. The van der Waals surface area contributed by atoms with Gasteiger partial charge in [-0.25, -0.2) is 9.56 Å². The van der Waals surface area contributed by atoms with Crippen LogP contribution in [0.3, 0.4) is 0 Å². The molecule has 0 amide bonds. The van der Waals surface area contributed by atoms with Gasteiger partial charge in [-0.05, 0) is 6.07 Å². The van der Waals surface area contributed by atoms with Gasteiger partial charge in [0.15, 0.2) is 11.3 Å². The highest BCUT2D eigenvalue weighted by Crippen LogP contribution is 2.36. The first-order valence-corrected chi connectivity index (χ1v) is 8.08. The summed E-state index contributed by atoms with van der Waals surface area (Å²) in [5.74, 6) is 1.71. The first-order chi connectivity index (χ1) is 11.3. The summed E-state index contributed by atoms with van der Waals surface area (Å²) in [6.07, 6.45) is 1.27. The molecule has 0 unspecified atom stereocenters. The number of nitrogens with zero attached hydrogens (tertiary/aromatic N) is 3. The number of benzene rings is 2. The Bertz CT molecular complexity index is 954. The van der Waals surface area contributed by atoms with Gasteiger partial charge in [0.2, 0.25) is 5.36 Å². The molecule has 0 spiro atoms. The minimum Gasteiger partial charge on any atom is -0.489 e.